The SMILES string of the molecule is NCCN.NCCN.OO.[Co].[Co].[NH2-].[NH2-].[NH2-].[NH2-].[NH2-]. The average molecular weight is 352 g/mol. The Morgan fingerprint density at radius 3 is 0.529 bits per heavy atom. The van der Waals surface area contributed by atoms with Crippen LogP contribution in [0.25, 0.3) is 30.8 Å². The summed E-state index contributed by atoms with van der Waals surface area (Å²) in [5.74, 6) is 0. The molecule has 0 aromatic rings. The zero-order valence-electron chi connectivity index (χ0n) is 9.59. The summed E-state index contributed by atoms with van der Waals surface area (Å²) >= 11 is 0. The van der Waals surface area contributed by atoms with E-state index in [0.717, 1.165) is 0 Å². The van der Waals surface area contributed by atoms with Gasteiger partial charge >= 0.3 is 0 Å². The second kappa shape index (κ2) is 192. The summed E-state index contributed by atoms with van der Waals surface area (Å²) < 4.78 is 0. The molecular weight excluding hydrogens is 324 g/mol. The first-order valence-electron chi connectivity index (χ1n) is 2.83. The quantitative estimate of drug-likeness (QED) is 0.314. The topological polar surface area (TPSA) is 312 Å². The van der Waals surface area contributed by atoms with Crippen LogP contribution < -0.4 is 22.9 Å². The van der Waals surface area contributed by atoms with Gasteiger partial charge in [0.2, 0.25) is 0 Å². The van der Waals surface area contributed by atoms with Crippen LogP contribution >= 0.6 is 0 Å². The van der Waals surface area contributed by atoms with Gasteiger partial charge in [0.15, 0.2) is 0 Å². The first-order valence-corrected chi connectivity index (χ1v) is 2.83. The Morgan fingerprint density at radius 1 is 0.471 bits per heavy atom. The molecule has 11 nitrogen and oxygen atoms in total. The number of hydrogen-bond donors (Lipinski definition) is 6. The molecule has 0 aliphatic rings. The minimum atomic E-state index is 0. The Kier molecular flexibility index (Phi) is 951. The van der Waals surface area contributed by atoms with Gasteiger partial charge in [0, 0.05) is 59.7 Å². The molecule has 0 aliphatic heterocycles. The van der Waals surface area contributed by atoms with Crippen LogP contribution in [0.15, 0.2) is 0 Å². The molecular formula is C4H28Co2N9O2-5. The van der Waals surface area contributed by atoms with Gasteiger partial charge in [-0.15, -0.1) is 0 Å². The maximum atomic E-state index is 6.00. The molecule has 0 heterocycles. The van der Waals surface area contributed by atoms with E-state index in [9.17, 15) is 0 Å². The average Bonchev–Trinajstić information content (AvgIpc) is 2.08. The largest absolute Gasteiger partial charge is 0.693 e. The first-order chi connectivity index (χ1) is 4.83. The molecule has 0 unspecified atom stereocenters. The molecule has 0 atom stereocenters. The third kappa shape index (κ3) is 532. The molecule has 0 saturated carbocycles. The number of rotatable bonds is 2. The Hall–Kier alpha value is 0.573. The summed E-state index contributed by atoms with van der Waals surface area (Å²) in [4.78, 5) is 0. The molecule has 0 aromatic heterocycles. The van der Waals surface area contributed by atoms with Crippen molar-refractivity contribution in [1.29, 1.82) is 0 Å². The third-order valence-corrected chi connectivity index (χ3v) is 0.333. The maximum absolute atomic E-state index is 6.00. The zero-order valence-corrected chi connectivity index (χ0v) is 11.7. The minimum absolute atomic E-state index is 0. The Bertz CT molecular complexity index is 37.0. The second-order valence-electron chi connectivity index (χ2n) is 1.15. The van der Waals surface area contributed by atoms with Gasteiger partial charge < -0.3 is 53.7 Å². The molecule has 0 spiro atoms. The summed E-state index contributed by atoms with van der Waals surface area (Å²) in [6.07, 6.45) is 0. The molecule has 17 heavy (non-hydrogen) atoms. The van der Waals surface area contributed by atoms with E-state index in [1.165, 1.54) is 0 Å². The molecule has 2 radical (unpaired) electrons. The van der Waals surface area contributed by atoms with Crippen molar-refractivity contribution in [1.82, 2.24) is 0 Å². The van der Waals surface area contributed by atoms with Crippen LogP contribution in [0.1, 0.15) is 0 Å². The maximum Gasteiger partial charge on any atom is 0.00461 e. The van der Waals surface area contributed by atoms with E-state index in [1.807, 2.05) is 0 Å². The van der Waals surface area contributed by atoms with Crippen molar-refractivity contribution >= 4 is 0 Å². The van der Waals surface area contributed by atoms with Crippen LogP contribution in [-0.2, 0) is 33.6 Å². The van der Waals surface area contributed by atoms with Crippen molar-refractivity contribution in [2.75, 3.05) is 26.2 Å². The van der Waals surface area contributed by atoms with Gasteiger partial charge in [-0.1, -0.05) is 0 Å². The predicted octanol–water partition coefficient (Wildman–Crippen LogP) is 1.41. The molecule has 0 aromatic carbocycles. The summed E-state index contributed by atoms with van der Waals surface area (Å²) in [6, 6.07) is 0. The van der Waals surface area contributed by atoms with Crippen molar-refractivity contribution in [2.45, 2.75) is 0 Å². The van der Waals surface area contributed by atoms with Crippen molar-refractivity contribution < 1.29 is 44.1 Å². The van der Waals surface area contributed by atoms with Crippen LogP contribution in [0.5, 0.6) is 0 Å². The van der Waals surface area contributed by atoms with Crippen LogP contribution in [0, 0.1) is 0 Å². The Morgan fingerprint density at radius 2 is 0.529 bits per heavy atom. The molecule has 0 amide bonds. The van der Waals surface area contributed by atoms with Gasteiger partial charge in [-0.2, -0.15) is 0 Å². The smallest absolute Gasteiger partial charge is 0.00461 e. The zero-order chi connectivity index (χ0) is 8.83. The van der Waals surface area contributed by atoms with Gasteiger partial charge in [0.25, 0.3) is 0 Å². The molecule has 0 saturated heterocycles. The monoisotopic (exact) mass is 352 g/mol. The van der Waals surface area contributed by atoms with E-state index >= 15 is 0 Å². The van der Waals surface area contributed by atoms with Crippen LogP contribution in [-0.4, -0.2) is 36.7 Å². The van der Waals surface area contributed by atoms with Gasteiger partial charge in [-0.25, -0.2) is 0 Å². The third-order valence-electron chi connectivity index (χ3n) is 0.333. The Labute approximate surface area is 124 Å². The minimum Gasteiger partial charge on any atom is -0.693 e. The fourth-order valence-corrected chi connectivity index (χ4v) is 0. The van der Waals surface area contributed by atoms with E-state index < -0.39 is 0 Å². The van der Waals surface area contributed by atoms with Gasteiger partial charge in [0.1, 0.15) is 0 Å². The molecule has 20 N–H and O–H groups in total. The number of nitrogens with two attached hydrogens (primary N) is 9. The summed E-state index contributed by atoms with van der Waals surface area (Å²) in [5, 5.41) is 12.0. The van der Waals surface area contributed by atoms with E-state index in [0.29, 0.717) is 26.2 Å². The molecule has 0 fully saturated rings. The molecule has 124 valence electrons. The fraction of sp³-hybridized carbons (Fsp3) is 1.00. The van der Waals surface area contributed by atoms with Crippen LogP contribution in [0.4, 0.5) is 0 Å². The summed E-state index contributed by atoms with van der Waals surface area (Å²) in [7, 11) is 0. The predicted molar refractivity (Wildman–Crippen MR) is 67.9 cm³/mol. The standard InChI is InChI=1S/2C2H8N2.2Co.5H2N.H2O2/c2*3-1-2-4;;;;;;;;1-2/h2*1-4H2;;;5*1H2;1-2H/q;;;;5*-1;. The number of hydrogen-bond acceptors (Lipinski definition) is 6. The normalized spacial score (nSPS) is 3.88. The van der Waals surface area contributed by atoms with Crippen LogP contribution in [0.2, 0.25) is 0 Å². The van der Waals surface area contributed by atoms with E-state index in [2.05, 4.69) is 0 Å². The van der Waals surface area contributed by atoms with Crippen LogP contribution in [0.3, 0.4) is 0 Å². The van der Waals surface area contributed by atoms with Crippen molar-refractivity contribution in [3.63, 3.8) is 0 Å². The molecule has 0 rings (SSSR count). The summed E-state index contributed by atoms with van der Waals surface area (Å²) in [5.41, 5.74) is 19.6. The Balaban J connectivity index is -0.00000000462. The molecule has 0 bridgehead atoms. The second-order valence-corrected chi connectivity index (χ2v) is 1.15. The van der Waals surface area contributed by atoms with Gasteiger partial charge in [0.05, 0.1) is 0 Å². The van der Waals surface area contributed by atoms with E-state index in [-0.39, 0.29) is 64.3 Å². The van der Waals surface area contributed by atoms with Gasteiger partial charge in [-0.3, -0.25) is 10.5 Å². The molecule has 13 heteroatoms. The van der Waals surface area contributed by atoms with Crippen molar-refractivity contribution in [2.24, 2.45) is 22.9 Å². The summed E-state index contributed by atoms with van der Waals surface area (Å²) in [6.45, 7) is 2.39. The van der Waals surface area contributed by atoms with E-state index in [1.54, 1.807) is 0 Å². The van der Waals surface area contributed by atoms with Gasteiger partial charge in [-0.05, 0) is 0 Å². The first kappa shape index (κ1) is 84.2. The van der Waals surface area contributed by atoms with E-state index in [4.69, 9.17) is 33.4 Å². The fourth-order valence-electron chi connectivity index (χ4n) is 0. The molecule has 0 aliphatic carbocycles. The van der Waals surface area contributed by atoms with Crippen molar-refractivity contribution in [3.05, 3.63) is 30.8 Å². The van der Waals surface area contributed by atoms with Crippen molar-refractivity contribution in [3.8, 4) is 0 Å².